The van der Waals surface area contributed by atoms with Crippen molar-refractivity contribution in [2.75, 3.05) is 14.2 Å². The second kappa shape index (κ2) is 6.67. The van der Waals surface area contributed by atoms with Gasteiger partial charge in [-0.3, -0.25) is 0 Å². The molecule has 22 heavy (non-hydrogen) atoms. The lowest BCUT2D eigenvalue weighted by Gasteiger charge is -2.09. The second-order valence-electron chi connectivity index (χ2n) is 4.52. The summed E-state index contributed by atoms with van der Waals surface area (Å²) in [6, 6.07) is 11.1. The van der Waals surface area contributed by atoms with Gasteiger partial charge < -0.3 is 19.7 Å². The van der Waals surface area contributed by atoms with E-state index < -0.39 is 5.97 Å². The molecule has 0 radical (unpaired) electrons. The molecule has 0 saturated carbocycles. The maximum Gasteiger partial charge on any atom is 0.336 e. The first-order valence-corrected chi connectivity index (χ1v) is 6.51. The van der Waals surface area contributed by atoms with E-state index in [1.54, 1.807) is 37.4 Å². The first-order valence-electron chi connectivity index (χ1n) is 6.51. The van der Waals surface area contributed by atoms with Gasteiger partial charge in [-0.1, -0.05) is 12.1 Å². The van der Waals surface area contributed by atoms with E-state index >= 15 is 0 Å². The van der Waals surface area contributed by atoms with Crippen LogP contribution in [-0.4, -0.2) is 30.4 Å². The zero-order valence-electron chi connectivity index (χ0n) is 12.2. The Labute approximate surface area is 128 Å². The third kappa shape index (κ3) is 3.38. The number of aromatic hydroxyl groups is 1. The van der Waals surface area contributed by atoms with E-state index in [1.165, 1.54) is 25.3 Å². The van der Waals surface area contributed by atoms with Gasteiger partial charge in [-0.15, -0.1) is 0 Å². The van der Waals surface area contributed by atoms with Crippen LogP contribution in [0.3, 0.4) is 0 Å². The van der Waals surface area contributed by atoms with E-state index in [4.69, 9.17) is 9.47 Å². The molecule has 0 aromatic heterocycles. The number of ether oxygens (including phenoxy) is 2. The van der Waals surface area contributed by atoms with E-state index in [1.807, 2.05) is 0 Å². The number of carboxylic acids is 1. The predicted octanol–water partition coefficient (Wildman–Crippen LogP) is 3.03. The van der Waals surface area contributed by atoms with Gasteiger partial charge in [0.15, 0.2) is 0 Å². The van der Waals surface area contributed by atoms with Crippen molar-refractivity contribution in [3.63, 3.8) is 0 Å². The highest BCUT2D eigenvalue weighted by Crippen LogP contribution is 2.29. The highest BCUT2D eigenvalue weighted by molar-refractivity contribution is 6.20. The van der Waals surface area contributed by atoms with Gasteiger partial charge in [0.1, 0.15) is 17.2 Å². The molecule has 0 spiro atoms. The van der Waals surface area contributed by atoms with Crippen LogP contribution in [0.2, 0.25) is 0 Å². The van der Waals surface area contributed by atoms with Crippen LogP contribution in [0.25, 0.3) is 11.6 Å². The molecule has 5 nitrogen and oxygen atoms in total. The number of rotatable bonds is 5. The molecule has 114 valence electrons. The lowest BCUT2D eigenvalue weighted by molar-refractivity contribution is -0.130. The fourth-order valence-electron chi connectivity index (χ4n) is 2.00. The molecule has 5 heteroatoms. The molecular formula is C17H16O5. The van der Waals surface area contributed by atoms with Gasteiger partial charge in [-0.05, 0) is 35.9 Å². The Bertz CT molecular complexity index is 701. The van der Waals surface area contributed by atoms with Gasteiger partial charge in [0.2, 0.25) is 0 Å². The number of hydrogen-bond donors (Lipinski definition) is 2. The smallest absolute Gasteiger partial charge is 0.336 e. The summed E-state index contributed by atoms with van der Waals surface area (Å²) in [5, 5.41) is 18.7. The predicted molar refractivity (Wildman–Crippen MR) is 83.2 cm³/mol. The van der Waals surface area contributed by atoms with E-state index in [9.17, 15) is 15.0 Å². The molecule has 0 bridgehead atoms. The van der Waals surface area contributed by atoms with Gasteiger partial charge in [-0.2, -0.15) is 0 Å². The van der Waals surface area contributed by atoms with Crippen molar-refractivity contribution in [2.24, 2.45) is 0 Å². The van der Waals surface area contributed by atoms with Crippen molar-refractivity contribution >= 4 is 17.6 Å². The lowest BCUT2D eigenvalue weighted by atomic mass is 10.0. The summed E-state index contributed by atoms with van der Waals surface area (Å²) >= 11 is 0. The molecule has 2 aromatic carbocycles. The van der Waals surface area contributed by atoms with Crippen molar-refractivity contribution in [3.05, 3.63) is 53.6 Å². The molecule has 0 aliphatic carbocycles. The second-order valence-corrected chi connectivity index (χ2v) is 4.52. The Hall–Kier alpha value is -2.95. The number of methoxy groups -OCH3 is 2. The van der Waals surface area contributed by atoms with Crippen LogP contribution >= 0.6 is 0 Å². The molecule has 0 fully saturated rings. The van der Waals surface area contributed by atoms with Gasteiger partial charge in [0, 0.05) is 11.6 Å². The van der Waals surface area contributed by atoms with E-state index in [0.29, 0.717) is 22.6 Å². The average Bonchev–Trinajstić information content (AvgIpc) is 2.53. The number of aliphatic carboxylic acids is 1. The van der Waals surface area contributed by atoms with Gasteiger partial charge in [-0.25, -0.2) is 4.79 Å². The van der Waals surface area contributed by atoms with E-state index in [2.05, 4.69) is 0 Å². The van der Waals surface area contributed by atoms with Crippen LogP contribution in [-0.2, 0) is 4.79 Å². The molecular weight excluding hydrogens is 284 g/mol. The number of phenols is 1. The molecule has 0 heterocycles. The Morgan fingerprint density at radius 1 is 1.05 bits per heavy atom. The summed E-state index contributed by atoms with van der Waals surface area (Å²) in [4.78, 5) is 11.5. The van der Waals surface area contributed by atoms with Gasteiger partial charge in [0.05, 0.1) is 19.8 Å². The molecule has 0 atom stereocenters. The highest BCUT2D eigenvalue weighted by Gasteiger charge is 2.12. The van der Waals surface area contributed by atoms with Crippen LogP contribution in [0.1, 0.15) is 11.1 Å². The summed E-state index contributed by atoms with van der Waals surface area (Å²) < 4.78 is 10.4. The zero-order chi connectivity index (χ0) is 16.1. The Morgan fingerprint density at radius 2 is 1.73 bits per heavy atom. The van der Waals surface area contributed by atoms with Crippen molar-refractivity contribution in [1.29, 1.82) is 0 Å². The highest BCUT2D eigenvalue weighted by atomic mass is 16.5. The van der Waals surface area contributed by atoms with Crippen molar-refractivity contribution < 1.29 is 24.5 Å². The summed E-state index contributed by atoms with van der Waals surface area (Å²) in [6.45, 7) is 0. The van der Waals surface area contributed by atoms with Crippen LogP contribution in [0, 0.1) is 0 Å². The summed E-state index contributed by atoms with van der Waals surface area (Å²) in [5.41, 5.74) is 1.21. The number of hydrogen-bond acceptors (Lipinski definition) is 4. The van der Waals surface area contributed by atoms with Crippen molar-refractivity contribution in [2.45, 2.75) is 0 Å². The van der Waals surface area contributed by atoms with Gasteiger partial charge >= 0.3 is 5.97 Å². The Morgan fingerprint density at radius 3 is 2.27 bits per heavy atom. The maximum atomic E-state index is 11.5. The van der Waals surface area contributed by atoms with Gasteiger partial charge in [0.25, 0.3) is 0 Å². The third-order valence-electron chi connectivity index (χ3n) is 3.15. The van der Waals surface area contributed by atoms with E-state index in [-0.39, 0.29) is 11.3 Å². The van der Waals surface area contributed by atoms with Crippen LogP contribution < -0.4 is 9.47 Å². The topological polar surface area (TPSA) is 76.0 Å². The van der Waals surface area contributed by atoms with Crippen LogP contribution in [0.4, 0.5) is 0 Å². The number of phenolic OH excluding ortho intramolecular Hbond substituents is 1. The minimum Gasteiger partial charge on any atom is -0.508 e. The Balaban J connectivity index is 2.51. The molecule has 2 rings (SSSR count). The van der Waals surface area contributed by atoms with Crippen LogP contribution in [0.15, 0.2) is 42.5 Å². The molecule has 0 unspecified atom stereocenters. The maximum absolute atomic E-state index is 11.5. The molecule has 2 N–H and O–H groups in total. The summed E-state index contributed by atoms with van der Waals surface area (Å²) in [7, 11) is 3.05. The number of benzene rings is 2. The van der Waals surface area contributed by atoms with Crippen LogP contribution in [0.5, 0.6) is 17.2 Å². The fraction of sp³-hybridized carbons (Fsp3) is 0.118. The summed E-state index contributed by atoms with van der Waals surface area (Å²) in [6.07, 6.45) is 1.52. The average molecular weight is 300 g/mol. The molecule has 0 saturated heterocycles. The molecule has 0 amide bonds. The fourth-order valence-corrected chi connectivity index (χ4v) is 2.00. The molecule has 0 aliphatic rings. The quantitative estimate of drug-likeness (QED) is 0.655. The largest absolute Gasteiger partial charge is 0.508 e. The lowest BCUT2D eigenvalue weighted by Crippen LogP contribution is -2.00. The van der Waals surface area contributed by atoms with Crippen molar-refractivity contribution in [3.8, 4) is 17.2 Å². The minimum atomic E-state index is -1.07. The minimum absolute atomic E-state index is 0.0792. The summed E-state index contributed by atoms with van der Waals surface area (Å²) in [5.74, 6) is 0.145. The normalized spacial score (nSPS) is 11.1. The first kappa shape index (κ1) is 15.4. The molecule has 0 aliphatic heterocycles. The number of carbonyl (C=O) groups is 1. The standard InChI is InChI=1S/C17H16O5/c1-21-14-8-5-12(16(10-14)22-2)9-15(17(19)20)11-3-6-13(18)7-4-11/h3-10,18H,1-2H3,(H,19,20)/b15-9-. The number of carboxylic acid groups (broad SMARTS) is 1. The zero-order valence-corrected chi connectivity index (χ0v) is 12.2. The SMILES string of the molecule is COc1ccc(/C=C(\C(=O)O)c2ccc(O)cc2)c(OC)c1. The monoisotopic (exact) mass is 300 g/mol. The molecule has 2 aromatic rings. The van der Waals surface area contributed by atoms with Crippen molar-refractivity contribution in [1.82, 2.24) is 0 Å². The first-order chi connectivity index (χ1) is 10.5. The Kier molecular flexibility index (Phi) is 4.68. The van der Waals surface area contributed by atoms with E-state index in [0.717, 1.165) is 0 Å². The third-order valence-corrected chi connectivity index (χ3v) is 3.15.